The molecular formula is C18H20N4O2. The van der Waals surface area contributed by atoms with Crippen molar-refractivity contribution in [1.29, 1.82) is 0 Å². The Balaban J connectivity index is 1.74. The zero-order chi connectivity index (χ0) is 16.5. The van der Waals surface area contributed by atoms with Gasteiger partial charge in [0.2, 0.25) is 5.88 Å². The van der Waals surface area contributed by atoms with E-state index in [0.717, 1.165) is 54.3 Å². The number of anilines is 1. The van der Waals surface area contributed by atoms with Crippen LogP contribution >= 0.6 is 0 Å². The van der Waals surface area contributed by atoms with Crippen molar-refractivity contribution < 1.29 is 9.47 Å². The lowest BCUT2D eigenvalue weighted by atomic mass is 10.2. The van der Waals surface area contributed by atoms with Gasteiger partial charge in [-0.3, -0.25) is 0 Å². The summed E-state index contributed by atoms with van der Waals surface area (Å²) in [6, 6.07) is 8.36. The van der Waals surface area contributed by atoms with Gasteiger partial charge in [0.1, 0.15) is 5.82 Å². The van der Waals surface area contributed by atoms with Crippen molar-refractivity contribution >= 4 is 16.7 Å². The number of aromatic nitrogens is 3. The molecule has 3 heterocycles. The van der Waals surface area contributed by atoms with Gasteiger partial charge in [0.15, 0.2) is 0 Å². The Kier molecular flexibility index (Phi) is 3.82. The molecule has 4 rings (SSSR count). The predicted octanol–water partition coefficient (Wildman–Crippen LogP) is 2.78. The fraction of sp³-hybridized carbons (Fsp3) is 0.333. The van der Waals surface area contributed by atoms with E-state index in [9.17, 15) is 0 Å². The summed E-state index contributed by atoms with van der Waals surface area (Å²) < 4.78 is 10.8. The van der Waals surface area contributed by atoms with E-state index >= 15 is 0 Å². The Bertz CT molecular complexity index is 869. The first-order valence-electron chi connectivity index (χ1n) is 8.08. The number of hydrogen-bond acceptors (Lipinski definition) is 5. The number of aryl methyl sites for hydroxylation is 1. The van der Waals surface area contributed by atoms with Crippen molar-refractivity contribution in [1.82, 2.24) is 15.0 Å². The van der Waals surface area contributed by atoms with Gasteiger partial charge in [0, 0.05) is 25.0 Å². The maximum absolute atomic E-state index is 5.42. The molecule has 1 aliphatic rings. The summed E-state index contributed by atoms with van der Waals surface area (Å²) >= 11 is 0. The fourth-order valence-corrected chi connectivity index (χ4v) is 3.03. The molecule has 0 amide bonds. The van der Waals surface area contributed by atoms with Crippen molar-refractivity contribution in [3.63, 3.8) is 0 Å². The van der Waals surface area contributed by atoms with Gasteiger partial charge in [-0.2, -0.15) is 0 Å². The summed E-state index contributed by atoms with van der Waals surface area (Å²) in [7, 11) is 1.63. The van der Waals surface area contributed by atoms with E-state index in [1.165, 1.54) is 5.69 Å². The minimum Gasteiger partial charge on any atom is -0.480 e. The van der Waals surface area contributed by atoms with Crippen LogP contribution < -0.4 is 9.64 Å². The van der Waals surface area contributed by atoms with Crippen LogP contribution in [0.25, 0.3) is 22.4 Å². The minimum absolute atomic E-state index is 0.577. The van der Waals surface area contributed by atoms with Crippen molar-refractivity contribution in [2.24, 2.45) is 0 Å². The van der Waals surface area contributed by atoms with Gasteiger partial charge >= 0.3 is 0 Å². The van der Waals surface area contributed by atoms with Crippen LogP contribution in [-0.2, 0) is 4.74 Å². The SMILES string of the molecule is COc1ncc(C)cc1-c1nc2cc(N3CCOCC3)ccc2[nH]1. The number of rotatable bonds is 3. The summed E-state index contributed by atoms with van der Waals surface area (Å²) in [6.45, 7) is 5.39. The zero-order valence-electron chi connectivity index (χ0n) is 13.9. The van der Waals surface area contributed by atoms with Gasteiger partial charge in [-0.25, -0.2) is 9.97 Å². The molecule has 6 nitrogen and oxygen atoms in total. The van der Waals surface area contributed by atoms with E-state index in [1.54, 1.807) is 13.3 Å². The predicted molar refractivity (Wildman–Crippen MR) is 93.6 cm³/mol. The average molecular weight is 324 g/mol. The van der Waals surface area contributed by atoms with Gasteiger partial charge in [-0.1, -0.05) is 0 Å². The molecule has 2 aromatic heterocycles. The van der Waals surface area contributed by atoms with Crippen LogP contribution in [0.5, 0.6) is 5.88 Å². The van der Waals surface area contributed by atoms with E-state index in [1.807, 2.05) is 13.0 Å². The molecule has 0 spiro atoms. The lowest BCUT2D eigenvalue weighted by molar-refractivity contribution is 0.122. The van der Waals surface area contributed by atoms with E-state index in [0.29, 0.717) is 5.88 Å². The van der Waals surface area contributed by atoms with Crippen LogP contribution in [0, 0.1) is 6.92 Å². The average Bonchev–Trinajstić information content (AvgIpc) is 3.05. The summed E-state index contributed by atoms with van der Waals surface area (Å²) in [5.41, 5.74) is 5.07. The normalized spacial score (nSPS) is 15.0. The molecule has 24 heavy (non-hydrogen) atoms. The third-order valence-corrected chi connectivity index (χ3v) is 4.28. The number of ether oxygens (including phenoxy) is 2. The van der Waals surface area contributed by atoms with E-state index in [-0.39, 0.29) is 0 Å². The summed E-state index contributed by atoms with van der Waals surface area (Å²) in [6.07, 6.45) is 1.79. The number of imidazole rings is 1. The molecule has 1 aromatic carbocycles. The molecule has 0 saturated carbocycles. The lowest BCUT2D eigenvalue weighted by Crippen LogP contribution is -2.36. The van der Waals surface area contributed by atoms with Gasteiger partial charge in [0.25, 0.3) is 0 Å². The first-order chi connectivity index (χ1) is 11.7. The molecular weight excluding hydrogens is 304 g/mol. The standard InChI is InChI=1S/C18H20N4O2/c1-12-9-14(18(23-2)19-11-12)17-20-15-4-3-13(10-16(15)21-17)22-5-7-24-8-6-22/h3-4,9-11H,5-8H2,1-2H3,(H,20,21). The van der Waals surface area contributed by atoms with Crippen LogP contribution in [-0.4, -0.2) is 48.4 Å². The smallest absolute Gasteiger partial charge is 0.224 e. The largest absolute Gasteiger partial charge is 0.480 e. The Morgan fingerprint density at radius 1 is 1.21 bits per heavy atom. The number of pyridine rings is 1. The Morgan fingerprint density at radius 2 is 2.04 bits per heavy atom. The van der Waals surface area contributed by atoms with Crippen molar-refractivity contribution in [3.8, 4) is 17.3 Å². The summed E-state index contributed by atoms with van der Waals surface area (Å²) in [5.74, 6) is 1.35. The number of nitrogens with zero attached hydrogens (tertiary/aromatic N) is 3. The van der Waals surface area contributed by atoms with Crippen molar-refractivity contribution in [2.45, 2.75) is 6.92 Å². The Labute approximate surface area is 140 Å². The second kappa shape index (κ2) is 6.13. The number of fused-ring (bicyclic) bond motifs is 1. The molecule has 124 valence electrons. The summed E-state index contributed by atoms with van der Waals surface area (Å²) in [5, 5.41) is 0. The molecule has 0 atom stereocenters. The maximum atomic E-state index is 5.42. The Hall–Kier alpha value is -2.60. The number of nitrogens with one attached hydrogen (secondary N) is 1. The number of aromatic amines is 1. The molecule has 1 saturated heterocycles. The topological polar surface area (TPSA) is 63.3 Å². The number of hydrogen-bond donors (Lipinski definition) is 1. The molecule has 1 N–H and O–H groups in total. The highest BCUT2D eigenvalue weighted by Crippen LogP contribution is 2.29. The number of H-pyrrole nitrogens is 1. The van der Waals surface area contributed by atoms with Gasteiger partial charge in [-0.15, -0.1) is 0 Å². The molecule has 3 aromatic rings. The van der Waals surface area contributed by atoms with Crippen molar-refractivity contribution in [2.75, 3.05) is 38.3 Å². The van der Waals surface area contributed by atoms with Gasteiger partial charge in [0.05, 0.1) is 36.9 Å². The van der Waals surface area contributed by atoms with Crippen LogP contribution in [0.1, 0.15) is 5.56 Å². The molecule has 6 heteroatoms. The van der Waals surface area contributed by atoms with Crippen molar-refractivity contribution in [3.05, 3.63) is 36.0 Å². The second-order valence-electron chi connectivity index (χ2n) is 5.96. The van der Waals surface area contributed by atoms with Crippen LogP contribution in [0.4, 0.5) is 5.69 Å². The van der Waals surface area contributed by atoms with Crippen LogP contribution in [0.2, 0.25) is 0 Å². The second-order valence-corrected chi connectivity index (χ2v) is 5.96. The molecule has 0 bridgehead atoms. The minimum atomic E-state index is 0.577. The number of benzene rings is 1. The lowest BCUT2D eigenvalue weighted by Gasteiger charge is -2.28. The quantitative estimate of drug-likeness (QED) is 0.802. The van der Waals surface area contributed by atoms with Gasteiger partial charge in [-0.05, 0) is 36.8 Å². The van der Waals surface area contributed by atoms with Gasteiger partial charge < -0.3 is 19.4 Å². The molecule has 1 aliphatic heterocycles. The highest BCUT2D eigenvalue weighted by Gasteiger charge is 2.15. The fourth-order valence-electron chi connectivity index (χ4n) is 3.03. The molecule has 0 aliphatic carbocycles. The first-order valence-corrected chi connectivity index (χ1v) is 8.08. The highest BCUT2D eigenvalue weighted by molar-refractivity contribution is 5.83. The maximum Gasteiger partial charge on any atom is 0.224 e. The number of morpholine rings is 1. The monoisotopic (exact) mass is 324 g/mol. The van der Waals surface area contributed by atoms with Crippen LogP contribution in [0.3, 0.4) is 0 Å². The van der Waals surface area contributed by atoms with E-state index < -0.39 is 0 Å². The third-order valence-electron chi connectivity index (χ3n) is 4.28. The van der Waals surface area contributed by atoms with E-state index in [4.69, 9.17) is 14.5 Å². The van der Waals surface area contributed by atoms with E-state index in [2.05, 4.69) is 33.1 Å². The third kappa shape index (κ3) is 2.69. The molecule has 0 unspecified atom stereocenters. The molecule has 1 fully saturated rings. The summed E-state index contributed by atoms with van der Waals surface area (Å²) in [4.78, 5) is 14.8. The Morgan fingerprint density at radius 3 is 2.83 bits per heavy atom. The number of methoxy groups -OCH3 is 1. The zero-order valence-corrected chi connectivity index (χ0v) is 13.9. The van der Waals surface area contributed by atoms with Crippen LogP contribution in [0.15, 0.2) is 30.5 Å². The highest BCUT2D eigenvalue weighted by atomic mass is 16.5. The first kappa shape index (κ1) is 15.0. The molecule has 0 radical (unpaired) electrons.